The zero-order chi connectivity index (χ0) is 27.7. The number of para-hydroxylation sites is 1. The maximum Gasteiger partial charge on any atom is 0.406 e. The van der Waals surface area contributed by atoms with E-state index in [0.29, 0.717) is 16.9 Å². The third-order valence-electron chi connectivity index (χ3n) is 6.50. The average Bonchev–Trinajstić information content (AvgIpc) is 3.29. The lowest BCUT2D eigenvalue weighted by Gasteiger charge is -2.27. The van der Waals surface area contributed by atoms with Crippen LogP contribution in [0.25, 0.3) is 5.69 Å². The number of hydrogen-bond donors (Lipinski definition) is 1. The number of carbonyl (C=O) groups is 1. The lowest BCUT2D eigenvalue weighted by atomic mass is 9.79. The Bertz CT molecular complexity index is 1390. The number of benzene rings is 2. The van der Waals surface area contributed by atoms with Gasteiger partial charge >= 0.3 is 6.18 Å². The van der Waals surface area contributed by atoms with Crippen molar-refractivity contribution in [1.82, 2.24) is 9.55 Å². The van der Waals surface area contributed by atoms with Crippen molar-refractivity contribution in [3.8, 4) is 11.4 Å². The molecule has 0 saturated carbocycles. The summed E-state index contributed by atoms with van der Waals surface area (Å²) in [7, 11) is 1.53. The van der Waals surface area contributed by atoms with Gasteiger partial charge in [0.1, 0.15) is 24.0 Å². The Morgan fingerprint density at radius 2 is 1.97 bits per heavy atom. The molecular formula is C27H29F3N6O2. The zero-order valence-corrected chi connectivity index (χ0v) is 21.5. The van der Waals surface area contributed by atoms with Crippen LogP contribution in [-0.2, 0) is 10.2 Å². The van der Waals surface area contributed by atoms with Crippen molar-refractivity contribution in [3.05, 3.63) is 71.8 Å². The van der Waals surface area contributed by atoms with Crippen molar-refractivity contribution < 1.29 is 22.7 Å². The van der Waals surface area contributed by atoms with E-state index < -0.39 is 30.1 Å². The number of nitrogens with zero attached hydrogens (tertiary/aromatic N) is 5. The number of aliphatic imine (C=N–C) groups is 1. The molecule has 0 fully saturated rings. The molecule has 2 heterocycles. The molecule has 0 aliphatic carbocycles. The number of halogens is 3. The monoisotopic (exact) mass is 526 g/mol. The number of hydrazone groups is 1. The summed E-state index contributed by atoms with van der Waals surface area (Å²) in [6.07, 6.45) is 0.461. The van der Waals surface area contributed by atoms with Crippen LogP contribution >= 0.6 is 0 Å². The predicted octanol–water partition coefficient (Wildman–Crippen LogP) is 4.57. The van der Waals surface area contributed by atoms with E-state index >= 15 is 0 Å². The second-order valence-electron chi connectivity index (χ2n) is 9.76. The molecule has 11 heteroatoms. The number of imidazole rings is 1. The summed E-state index contributed by atoms with van der Waals surface area (Å²) in [4.78, 5) is 22.9. The van der Waals surface area contributed by atoms with Gasteiger partial charge in [0.05, 0.1) is 31.0 Å². The number of carbonyl (C=O) groups excluding carboxylic acids is 1. The van der Waals surface area contributed by atoms with E-state index in [1.54, 1.807) is 42.7 Å². The van der Waals surface area contributed by atoms with E-state index in [1.807, 2.05) is 31.5 Å². The number of nitrogens with two attached hydrogens (primary N) is 1. The van der Waals surface area contributed by atoms with E-state index in [-0.39, 0.29) is 17.8 Å². The highest BCUT2D eigenvalue weighted by molar-refractivity contribution is 6.38. The average molecular weight is 527 g/mol. The van der Waals surface area contributed by atoms with Gasteiger partial charge in [0, 0.05) is 17.4 Å². The summed E-state index contributed by atoms with van der Waals surface area (Å²) in [6, 6.07) is 10.9. The number of aromatic nitrogens is 2. The molecule has 1 aromatic heterocycles. The first-order chi connectivity index (χ1) is 17.9. The van der Waals surface area contributed by atoms with Gasteiger partial charge < -0.3 is 20.0 Å². The predicted molar refractivity (Wildman–Crippen MR) is 140 cm³/mol. The largest absolute Gasteiger partial charge is 0.495 e. The summed E-state index contributed by atoms with van der Waals surface area (Å²) in [6.45, 7) is 4.24. The fourth-order valence-electron chi connectivity index (χ4n) is 4.67. The minimum atomic E-state index is -4.58. The van der Waals surface area contributed by atoms with Crippen LogP contribution < -0.4 is 15.5 Å². The van der Waals surface area contributed by atoms with Crippen molar-refractivity contribution in [2.45, 2.75) is 44.8 Å². The van der Waals surface area contributed by atoms with Crippen LogP contribution in [0.2, 0.25) is 0 Å². The van der Waals surface area contributed by atoms with Gasteiger partial charge in [-0.05, 0) is 42.5 Å². The van der Waals surface area contributed by atoms with Gasteiger partial charge in [0.25, 0.3) is 5.91 Å². The molecule has 2 N–H and O–H groups in total. The fraction of sp³-hybridized carbons (Fsp3) is 0.333. The number of fused-ring (bicyclic) bond motifs is 1. The Labute approximate surface area is 218 Å². The maximum atomic E-state index is 13.5. The highest BCUT2D eigenvalue weighted by atomic mass is 19.4. The normalized spacial score (nSPS) is 18.0. The SMILES string of the molecule is COc1cc(/C(C=NC2CC(C)(C)c3ccccc3N(CC(F)(F)F)C2=O)=N/N)ccc1-n1cnc(C)c1. The number of amides is 1. The highest BCUT2D eigenvalue weighted by Gasteiger charge is 2.43. The van der Waals surface area contributed by atoms with Crippen molar-refractivity contribution in [2.24, 2.45) is 15.9 Å². The van der Waals surface area contributed by atoms with Crippen LogP contribution in [0, 0.1) is 6.92 Å². The molecule has 3 aromatic rings. The third-order valence-corrected chi connectivity index (χ3v) is 6.50. The lowest BCUT2D eigenvalue weighted by Crippen LogP contribution is -2.43. The second kappa shape index (κ2) is 10.3. The van der Waals surface area contributed by atoms with Crippen LogP contribution in [0.1, 0.15) is 37.1 Å². The quantitative estimate of drug-likeness (QED) is 0.289. The van der Waals surface area contributed by atoms with E-state index in [4.69, 9.17) is 10.6 Å². The van der Waals surface area contributed by atoms with Gasteiger partial charge in [-0.3, -0.25) is 9.79 Å². The molecule has 0 radical (unpaired) electrons. The summed E-state index contributed by atoms with van der Waals surface area (Å²) in [5, 5.41) is 3.82. The van der Waals surface area contributed by atoms with E-state index in [1.165, 1.54) is 19.4 Å². The van der Waals surface area contributed by atoms with Crippen LogP contribution in [0.4, 0.5) is 18.9 Å². The number of anilines is 1. The Balaban J connectivity index is 1.68. The zero-order valence-electron chi connectivity index (χ0n) is 21.5. The molecule has 200 valence electrons. The summed E-state index contributed by atoms with van der Waals surface area (Å²) in [5.74, 6) is 5.44. The minimum absolute atomic E-state index is 0.202. The summed E-state index contributed by atoms with van der Waals surface area (Å²) >= 11 is 0. The Kier molecular flexibility index (Phi) is 7.30. The smallest absolute Gasteiger partial charge is 0.406 e. The Morgan fingerprint density at radius 3 is 2.61 bits per heavy atom. The molecule has 1 amide bonds. The van der Waals surface area contributed by atoms with Gasteiger partial charge in [0.2, 0.25) is 0 Å². The lowest BCUT2D eigenvalue weighted by molar-refractivity contribution is -0.133. The number of alkyl halides is 3. The van der Waals surface area contributed by atoms with Crippen molar-refractivity contribution in [1.29, 1.82) is 0 Å². The van der Waals surface area contributed by atoms with Crippen molar-refractivity contribution in [2.75, 3.05) is 18.6 Å². The van der Waals surface area contributed by atoms with Gasteiger partial charge in [-0.25, -0.2) is 4.98 Å². The van der Waals surface area contributed by atoms with E-state index in [2.05, 4.69) is 15.1 Å². The first-order valence-corrected chi connectivity index (χ1v) is 11.9. The number of aryl methyl sites for hydroxylation is 1. The van der Waals surface area contributed by atoms with Crippen LogP contribution in [-0.4, -0.2) is 53.3 Å². The molecule has 2 aromatic carbocycles. The molecule has 4 rings (SSSR count). The minimum Gasteiger partial charge on any atom is -0.495 e. The van der Waals surface area contributed by atoms with Crippen molar-refractivity contribution in [3.63, 3.8) is 0 Å². The van der Waals surface area contributed by atoms with Crippen LogP contribution in [0.3, 0.4) is 0 Å². The fourth-order valence-corrected chi connectivity index (χ4v) is 4.67. The molecule has 0 spiro atoms. The Morgan fingerprint density at radius 1 is 1.24 bits per heavy atom. The van der Waals surface area contributed by atoms with Crippen LogP contribution in [0.15, 0.2) is 65.1 Å². The Hall–Kier alpha value is -4.15. The maximum absolute atomic E-state index is 13.5. The molecule has 38 heavy (non-hydrogen) atoms. The summed E-state index contributed by atoms with van der Waals surface area (Å²) in [5.41, 5.74) is 2.65. The number of methoxy groups -OCH3 is 1. The second-order valence-corrected chi connectivity index (χ2v) is 9.76. The number of hydrogen-bond acceptors (Lipinski definition) is 6. The standard InChI is InChI=1S/C27H29F3N6O2/c1-17-14-35(16-33-17)23-10-9-18(11-24(23)38-4)21(34-31)13-32-20-12-26(2,3)19-7-5-6-8-22(19)36(25(20)37)15-27(28,29)30/h5-11,13-14,16,20H,12,15,31H2,1-4H3/b32-13?,34-21+. The molecule has 0 saturated heterocycles. The summed E-state index contributed by atoms with van der Waals surface area (Å²) < 4.78 is 47.8. The van der Waals surface area contributed by atoms with E-state index in [9.17, 15) is 18.0 Å². The molecule has 0 bridgehead atoms. The molecule has 1 aliphatic rings. The first-order valence-electron chi connectivity index (χ1n) is 11.9. The van der Waals surface area contributed by atoms with Gasteiger partial charge in [0.15, 0.2) is 0 Å². The van der Waals surface area contributed by atoms with Crippen LogP contribution in [0.5, 0.6) is 5.75 Å². The van der Waals surface area contributed by atoms with E-state index in [0.717, 1.165) is 16.3 Å². The van der Waals surface area contributed by atoms with Gasteiger partial charge in [-0.1, -0.05) is 38.1 Å². The third kappa shape index (κ3) is 5.56. The molecule has 1 atom stereocenters. The van der Waals surface area contributed by atoms with Gasteiger partial charge in [-0.15, -0.1) is 0 Å². The number of rotatable bonds is 6. The first kappa shape index (κ1) is 26.9. The molecule has 1 unspecified atom stereocenters. The molecule has 8 nitrogen and oxygen atoms in total. The molecular weight excluding hydrogens is 497 g/mol. The topological polar surface area (TPSA) is 98.1 Å². The number of ether oxygens (including phenoxy) is 1. The van der Waals surface area contributed by atoms with Gasteiger partial charge in [-0.2, -0.15) is 18.3 Å². The van der Waals surface area contributed by atoms with Crippen molar-refractivity contribution >= 4 is 23.5 Å². The highest BCUT2D eigenvalue weighted by Crippen LogP contribution is 2.41. The molecule has 1 aliphatic heterocycles.